The standard InChI is InChI=1S/C19H21N5O/c1-24-16-6-2-4-14(12(16)11-21-24)19(7-8-19)18-22-15-5-3-9-20-10-13(15)17(25)23-18/h2,4,6,11,20H,3,5,7-10H2,1H3,(H,22,23,25). The van der Waals surface area contributed by atoms with Crippen molar-refractivity contribution in [1.29, 1.82) is 0 Å². The molecule has 0 amide bonds. The van der Waals surface area contributed by atoms with E-state index in [9.17, 15) is 4.79 Å². The average Bonchev–Trinajstić information content (AvgIpc) is 3.38. The molecule has 5 rings (SSSR count). The highest BCUT2D eigenvalue weighted by atomic mass is 16.1. The zero-order valence-electron chi connectivity index (χ0n) is 14.3. The Balaban J connectivity index is 1.69. The van der Waals surface area contributed by atoms with Crippen molar-refractivity contribution in [1.82, 2.24) is 25.1 Å². The van der Waals surface area contributed by atoms with Crippen molar-refractivity contribution in [3.63, 3.8) is 0 Å². The number of fused-ring (bicyclic) bond motifs is 2. The number of H-pyrrole nitrogens is 1. The molecule has 1 saturated carbocycles. The van der Waals surface area contributed by atoms with Gasteiger partial charge in [0.2, 0.25) is 0 Å². The van der Waals surface area contributed by atoms with Crippen LogP contribution in [-0.2, 0) is 25.4 Å². The number of hydrogen-bond donors (Lipinski definition) is 2. The molecule has 0 bridgehead atoms. The van der Waals surface area contributed by atoms with Gasteiger partial charge in [-0.3, -0.25) is 9.48 Å². The lowest BCUT2D eigenvalue weighted by Gasteiger charge is -2.18. The minimum Gasteiger partial charge on any atom is -0.312 e. The number of benzene rings is 1. The molecule has 3 aromatic rings. The smallest absolute Gasteiger partial charge is 0.255 e. The number of nitrogens with one attached hydrogen (secondary N) is 2. The van der Waals surface area contributed by atoms with Crippen molar-refractivity contribution < 1.29 is 0 Å². The molecule has 0 radical (unpaired) electrons. The SMILES string of the molecule is Cn1ncc2c(C3(c4nc5c(c(=O)[nH]4)CNCCC5)CC3)cccc21. The van der Waals surface area contributed by atoms with Crippen LogP contribution in [0, 0.1) is 0 Å². The zero-order valence-corrected chi connectivity index (χ0v) is 14.3. The van der Waals surface area contributed by atoms with Gasteiger partial charge in [-0.1, -0.05) is 12.1 Å². The van der Waals surface area contributed by atoms with Crippen molar-refractivity contribution in [2.45, 2.75) is 37.6 Å². The zero-order chi connectivity index (χ0) is 17.0. The Kier molecular flexibility index (Phi) is 3.12. The van der Waals surface area contributed by atoms with Crippen LogP contribution in [0.4, 0.5) is 0 Å². The molecule has 3 heterocycles. The molecule has 1 aliphatic carbocycles. The van der Waals surface area contributed by atoms with Gasteiger partial charge in [-0.05, 0) is 43.9 Å². The second kappa shape index (κ2) is 5.26. The Morgan fingerprint density at radius 3 is 3.00 bits per heavy atom. The van der Waals surface area contributed by atoms with Crippen LogP contribution in [0.2, 0.25) is 0 Å². The normalized spacial score (nSPS) is 18.8. The third-order valence-corrected chi connectivity index (χ3v) is 5.68. The van der Waals surface area contributed by atoms with Gasteiger partial charge in [0.15, 0.2) is 0 Å². The van der Waals surface area contributed by atoms with Gasteiger partial charge in [0, 0.05) is 19.0 Å². The summed E-state index contributed by atoms with van der Waals surface area (Å²) in [5.74, 6) is 0.828. The van der Waals surface area contributed by atoms with Crippen LogP contribution in [0.5, 0.6) is 0 Å². The average molecular weight is 335 g/mol. The largest absolute Gasteiger partial charge is 0.312 e. The lowest BCUT2D eigenvalue weighted by atomic mass is 9.91. The van der Waals surface area contributed by atoms with E-state index in [4.69, 9.17) is 4.98 Å². The molecule has 6 nitrogen and oxygen atoms in total. The third-order valence-electron chi connectivity index (χ3n) is 5.68. The Hall–Kier alpha value is -2.47. The summed E-state index contributed by atoms with van der Waals surface area (Å²) in [6, 6.07) is 6.32. The van der Waals surface area contributed by atoms with Crippen LogP contribution in [0.1, 0.15) is 41.9 Å². The molecule has 2 aromatic heterocycles. The first-order valence-electron chi connectivity index (χ1n) is 8.93. The molecule has 2 aliphatic rings. The van der Waals surface area contributed by atoms with E-state index in [-0.39, 0.29) is 11.0 Å². The molecular weight excluding hydrogens is 314 g/mol. The minimum atomic E-state index is -0.170. The molecule has 0 spiro atoms. The second-order valence-electron chi connectivity index (χ2n) is 7.21. The molecule has 128 valence electrons. The molecule has 2 N–H and O–H groups in total. The summed E-state index contributed by atoms with van der Waals surface area (Å²) in [5.41, 5.74) is 3.96. The fourth-order valence-electron chi connectivity index (χ4n) is 4.11. The van der Waals surface area contributed by atoms with E-state index in [1.807, 2.05) is 17.9 Å². The summed E-state index contributed by atoms with van der Waals surface area (Å²) in [6.07, 6.45) is 5.85. The summed E-state index contributed by atoms with van der Waals surface area (Å²) >= 11 is 0. The molecule has 6 heteroatoms. The lowest BCUT2D eigenvalue weighted by Crippen LogP contribution is -2.26. The molecule has 0 atom stereocenters. The summed E-state index contributed by atoms with van der Waals surface area (Å²) in [5, 5.41) is 8.87. The van der Waals surface area contributed by atoms with Gasteiger partial charge < -0.3 is 10.3 Å². The van der Waals surface area contributed by atoms with Crippen LogP contribution >= 0.6 is 0 Å². The van der Waals surface area contributed by atoms with E-state index < -0.39 is 0 Å². The summed E-state index contributed by atoms with van der Waals surface area (Å²) in [4.78, 5) is 20.7. The van der Waals surface area contributed by atoms with Crippen LogP contribution < -0.4 is 10.9 Å². The van der Waals surface area contributed by atoms with E-state index in [1.165, 1.54) is 5.56 Å². The lowest BCUT2D eigenvalue weighted by molar-refractivity contribution is 0.678. The first kappa shape index (κ1) is 14.8. The Morgan fingerprint density at radius 2 is 2.16 bits per heavy atom. The second-order valence-corrected chi connectivity index (χ2v) is 7.21. The molecule has 25 heavy (non-hydrogen) atoms. The molecule has 0 saturated heterocycles. The first-order valence-corrected chi connectivity index (χ1v) is 8.93. The molecular formula is C19H21N5O. The topological polar surface area (TPSA) is 75.6 Å². The maximum Gasteiger partial charge on any atom is 0.255 e. The van der Waals surface area contributed by atoms with Gasteiger partial charge in [0.05, 0.1) is 28.4 Å². The molecule has 1 aromatic carbocycles. The minimum absolute atomic E-state index is 0.0130. The molecule has 1 aliphatic heterocycles. The Labute approximate surface area is 145 Å². The third kappa shape index (κ3) is 2.17. The van der Waals surface area contributed by atoms with Crippen molar-refractivity contribution >= 4 is 10.9 Å². The predicted octanol–water partition coefficient (Wildman–Crippen LogP) is 1.77. The molecule has 1 fully saturated rings. The van der Waals surface area contributed by atoms with Gasteiger partial charge in [-0.2, -0.15) is 5.10 Å². The Bertz CT molecular complexity index is 1030. The number of aromatic amines is 1. The van der Waals surface area contributed by atoms with Crippen molar-refractivity contribution in [3.05, 3.63) is 57.4 Å². The van der Waals surface area contributed by atoms with Gasteiger partial charge in [0.25, 0.3) is 5.56 Å². The highest BCUT2D eigenvalue weighted by Crippen LogP contribution is 2.53. The van der Waals surface area contributed by atoms with Crippen LogP contribution in [0.3, 0.4) is 0 Å². The summed E-state index contributed by atoms with van der Waals surface area (Å²) < 4.78 is 1.90. The fourth-order valence-corrected chi connectivity index (χ4v) is 4.11. The maximum absolute atomic E-state index is 12.7. The highest BCUT2D eigenvalue weighted by Gasteiger charge is 2.49. The van der Waals surface area contributed by atoms with Crippen molar-refractivity contribution in [2.75, 3.05) is 6.54 Å². The number of rotatable bonds is 2. The fraction of sp³-hybridized carbons (Fsp3) is 0.421. The predicted molar refractivity (Wildman–Crippen MR) is 95.6 cm³/mol. The van der Waals surface area contributed by atoms with Crippen LogP contribution in [0.25, 0.3) is 10.9 Å². The van der Waals surface area contributed by atoms with Crippen molar-refractivity contribution in [2.24, 2.45) is 7.05 Å². The van der Waals surface area contributed by atoms with E-state index in [1.54, 1.807) is 0 Å². The van der Waals surface area contributed by atoms with Crippen molar-refractivity contribution in [3.8, 4) is 0 Å². The molecule has 0 unspecified atom stereocenters. The monoisotopic (exact) mass is 335 g/mol. The first-order chi connectivity index (χ1) is 12.2. The van der Waals surface area contributed by atoms with Gasteiger partial charge >= 0.3 is 0 Å². The number of aryl methyl sites for hydroxylation is 2. The number of hydrogen-bond acceptors (Lipinski definition) is 4. The van der Waals surface area contributed by atoms with E-state index in [0.717, 1.165) is 60.2 Å². The van der Waals surface area contributed by atoms with E-state index >= 15 is 0 Å². The van der Waals surface area contributed by atoms with Crippen LogP contribution in [-0.4, -0.2) is 26.3 Å². The summed E-state index contributed by atoms with van der Waals surface area (Å²) in [6.45, 7) is 1.55. The van der Waals surface area contributed by atoms with E-state index in [2.05, 4.69) is 33.6 Å². The van der Waals surface area contributed by atoms with Crippen LogP contribution in [0.15, 0.2) is 29.2 Å². The number of aromatic nitrogens is 4. The number of nitrogens with zero attached hydrogens (tertiary/aromatic N) is 3. The Morgan fingerprint density at radius 1 is 1.28 bits per heavy atom. The maximum atomic E-state index is 12.7. The van der Waals surface area contributed by atoms with Gasteiger partial charge in [-0.15, -0.1) is 0 Å². The van der Waals surface area contributed by atoms with E-state index in [0.29, 0.717) is 6.54 Å². The quantitative estimate of drug-likeness (QED) is 0.748. The van der Waals surface area contributed by atoms with Gasteiger partial charge in [-0.25, -0.2) is 4.98 Å². The highest BCUT2D eigenvalue weighted by molar-refractivity contribution is 5.84. The summed E-state index contributed by atoms with van der Waals surface area (Å²) in [7, 11) is 1.96. The van der Waals surface area contributed by atoms with Gasteiger partial charge in [0.1, 0.15) is 5.82 Å².